The van der Waals surface area contributed by atoms with Crippen molar-refractivity contribution in [3.63, 3.8) is 0 Å². The first-order chi connectivity index (χ1) is 14.2. The van der Waals surface area contributed by atoms with Gasteiger partial charge >= 0.3 is 0 Å². The Labute approximate surface area is 174 Å². The maximum atomic E-state index is 13.1. The van der Waals surface area contributed by atoms with Gasteiger partial charge in [-0.25, -0.2) is 4.39 Å². The van der Waals surface area contributed by atoms with E-state index in [1.54, 1.807) is 12.1 Å². The van der Waals surface area contributed by atoms with Crippen LogP contribution in [0.1, 0.15) is 33.6 Å². The van der Waals surface area contributed by atoms with E-state index in [-0.39, 0.29) is 36.8 Å². The van der Waals surface area contributed by atoms with Crippen LogP contribution in [0.3, 0.4) is 0 Å². The van der Waals surface area contributed by atoms with Gasteiger partial charge in [-0.05, 0) is 63.1 Å². The van der Waals surface area contributed by atoms with Gasteiger partial charge in [0.15, 0.2) is 0 Å². The molecule has 1 unspecified atom stereocenters. The van der Waals surface area contributed by atoms with Crippen molar-refractivity contribution in [3.8, 4) is 11.4 Å². The minimum absolute atomic E-state index is 0.0739. The average Bonchev–Trinajstić information content (AvgIpc) is 3.32. The topological polar surface area (TPSA) is 102 Å². The number of rotatable bonds is 7. The summed E-state index contributed by atoms with van der Waals surface area (Å²) < 4.78 is 18.7. The Morgan fingerprint density at radius 2 is 2.03 bits per heavy atom. The summed E-state index contributed by atoms with van der Waals surface area (Å²) in [5, 5.41) is 14.9. The molecule has 1 aromatic carbocycles. The van der Waals surface area contributed by atoms with E-state index in [4.69, 9.17) is 4.74 Å². The van der Waals surface area contributed by atoms with Crippen LogP contribution in [-0.4, -0.2) is 68.3 Å². The molecule has 0 saturated carbocycles. The molecule has 1 N–H and O–H groups in total. The number of hydrogen-bond acceptors (Lipinski definition) is 6. The van der Waals surface area contributed by atoms with Crippen LogP contribution in [0.15, 0.2) is 24.3 Å². The molecule has 10 heteroatoms. The predicted octanol–water partition coefficient (Wildman–Crippen LogP) is 1.40. The fourth-order valence-corrected chi connectivity index (χ4v) is 3.17. The van der Waals surface area contributed by atoms with Gasteiger partial charge < -0.3 is 15.0 Å². The largest absolute Gasteiger partial charge is 0.376 e. The van der Waals surface area contributed by atoms with Gasteiger partial charge in [0.05, 0.1) is 12.6 Å². The molecule has 0 radical (unpaired) electrons. The van der Waals surface area contributed by atoms with E-state index >= 15 is 0 Å². The lowest BCUT2D eigenvalue weighted by Gasteiger charge is -2.27. The lowest BCUT2D eigenvalue weighted by atomic mass is 10.1. The van der Waals surface area contributed by atoms with E-state index < -0.39 is 5.54 Å². The second kappa shape index (κ2) is 9.29. The van der Waals surface area contributed by atoms with Crippen LogP contribution in [-0.2, 0) is 20.9 Å². The molecule has 2 aromatic rings. The lowest BCUT2D eigenvalue weighted by molar-refractivity contribution is -0.138. The first-order valence-electron chi connectivity index (χ1n) is 9.94. The Bertz CT molecular complexity index is 871. The van der Waals surface area contributed by atoms with Crippen molar-refractivity contribution in [1.29, 1.82) is 0 Å². The summed E-state index contributed by atoms with van der Waals surface area (Å²) in [6.07, 6.45) is 1.70. The highest BCUT2D eigenvalue weighted by Crippen LogP contribution is 2.15. The zero-order valence-electron chi connectivity index (χ0n) is 17.5. The Balaban J connectivity index is 1.67. The molecule has 30 heavy (non-hydrogen) atoms. The van der Waals surface area contributed by atoms with E-state index in [0.29, 0.717) is 24.5 Å². The number of halogens is 1. The molecule has 0 bridgehead atoms. The van der Waals surface area contributed by atoms with E-state index in [2.05, 4.69) is 20.7 Å². The Morgan fingerprint density at radius 1 is 1.30 bits per heavy atom. The van der Waals surface area contributed by atoms with Crippen LogP contribution in [0.25, 0.3) is 11.4 Å². The van der Waals surface area contributed by atoms with Crippen molar-refractivity contribution in [1.82, 2.24) is 30.4 Å². The minimum Gasteiger partial charge on any atom is -0.376 e. The summed E-state index contributed by atoms with van der Waals surface area (Å²) in [7, 11) is 0. The third kappa shape index (κ3) is 6.31. The molecular formula is C20H27FN6O3. The van der Waals surface area contributed by atoms with Crippen LogP contribution in [0.2, 0.25) is 0 Å². The maximum absolute atomic E-state index is 13.1. The quantitative estimate of drug-likeness (QED) is 0.729. The van der Waals surface area contributed by atoms with Crippen molar-refractivity contribution in [2.75, 3.05) is 19.7 Å². The summed E-state index contributed by atoms with van der Waals surface area (Å²) in [4.78, 5) is 27.9. The van der Waals surface area contributed by atoms with Crippen LogP contribution in [0, 0.1) is 5.82 Å². The van der Waals surface area contributed by atoms with Crippen molar-refractivity contribution in [2.45, 2.75) is 51.8 Å². The number of tetrazole rings is 1. The molecule has 1 aromatic heterocycles. The number of ether oxygens (including phenoxy) is 1. The molecule has 1 aliphatic rings. The van der Waals surface area contributed by atoms with Crippen LogP contribution >= 0.6 is 0 Å². The fourth-order valence-electron chi connectivity index (χ4n) is 3.17. The van der Waals surface area contributed by atoms with Gasteiger partial charge in [0.1, 0.15) is 12.4 Å². The number of carbonyl (C=O) groups excluding carboxylic acids is 2. The third-order valence-electron chi connectivity index (χ3n) is 4.48. The number of nitrogens with zero attached hydrogens (tertiary/aromatic N) is 5. The Hall–Kier alpha value is -2.88. The summed E-state index contributed by atoms with van der Waals surface area (Å²) >= 11 is 0. The molecular weight excluding hydrogens is 391 g/mol. The first-order valence-corrected chi connectivity index (χ1v) is 9.94. The normalized spacial score (nSPS) is 16.5. The number of nitrogens with one attached hydrogen (secondary N) is 1. The first kappa shape index (κ1) is 21.8. The Kier molecular flexibility index (Phi) is 6.76. The number of amides is 2. The molecule has 0 aliphatic carbocycles. The zero-order valence-corrected chi connectivity index (χ0v) is 17.5. The minimum atomic E-state index is -0.396. The van der Waals surface area contributed by atoms with Crippen molar-refractivity contribution >= 4 is 11.8 Å². The van der Waals surface area contributed by atoms with Crippen molar-refractivity contribution in [2.24, 2.45) is 0 Å². The monoisotopic (exact) mass is 418 g/mol. The fraction of sp³-hybridized carbons (Fsp3) is 0.550. The van der Waals surface area contributed by atoms with E-state index in [9.17, 15) is 14.0 Å². The number of hydrogen-bond donors (Lipinski definition) is 1. The number of carbonyl (C=O) groups is 2. The third-order valence-corrected chi connectivity index (χ3v) is 4.48. The van der Waals surface area contributed by atoms with E-state index in [1.165, 1.54) is 21.8 Å². The van der Waals surface area contributed by atoms with Crippen molar-refractivity contribution < 1.29 is 18.7 Å². The van der Waals surface area contributed by atoms with Crippen LogP contribution in [0.5, 0.6) is 0 Å². The molecule has 1 atom stereocenters. The van der Waals surface area contributed by atoms with E-state index in [1.807, 2.05) is 20.8 Å². The molecule has 2 heterocycles. The smallest absolute Gasteiger partial charge is 0.246 e. The summed E-state index contributed by atoms with van der Waals surface area (Å²) in [5.74, 6) is -0.622. The summed E-state index contributed by atoms with van der Waals surface area (Å²) in [6, 6.07) is 5.69. The molecule has 2 amide bonds. The molecule has 1 saturated heterocycles. The highest BCUT2D eigenvalue weighted by molar-refractivity contribution is 5.85. The van der Waals surface area contributed by atoms with Gasteiger partial charge in [0, 0.05) is 24.3 Å². The molecule has 3 rings (SSSR count). The highest BCUT2D eigenvalue weighted by Gasteiger charge is 2.26. The van der Waals surface area contributed by atoms with Crippen LogP contribution < -0.4 is 5.32 Å². The molecule has 1 aliphatic heterocycles. The van der Waals surface area contributed by atoms with Gasteiger partial charge in [-0.15, -0.1) is 10.2 Å². The maximum Gasteiger partial charge on any atom is 0.246 e. The van der Waals surface area contributed by atoms with Gasteiger partial charge in [0.25, 0.3) is 0 Å². The van der Waals surface area contributed by atoms with Gasteiger partial charge in [-0.1, -0.05) is 0 Å². The summed E-state index contributed by atoms with van der Waals surface area (Å²) in [5.41, 5.74) is 0.198. The molecule has 1 fully saturated rings. The Morgan fingerprint density at radius 3 is 2.67 bits per heavy atom. The predicted molar refractivity (Wildman–Crippen MR) is 107 cm³/mol. The highest BCUT2D eigenvalue weighted by atomic mass is 19.1. The summed E-state index contributed by atoms with van der Waals surface area (Å²) in [6.45, 7) is 6.40. The van der Waals surface area contributed by atoms with Gasteiger partial charge in [-0.3, -0.25) is 9.59 Å². The van der Waals surface area contributed by atoms with E-state index in [0.717, 1.165) is 12.8 Å². The zero-order chi connectivity index (χ0) is 21.7. The van der Waals surface area contributed by atoms with Crippen molar-refractivity contribution in [3.05, 3.63) is 30.1 Å². The number of benzene rings is 1. The van der Waals surface area contributed by atoms with Crippen LogP contribution in [0.4, 0.5) is 4.39 Å². The SMILES string of the molecule is CC(C)(C)NC(=O)CN(CC1CCCO1)C(=O)Cn1nnc(-c2ccc(F)cc2)n1. The van der Waals surface area contributed by atoms with Gasteiger partial charge in [-0.2, -0.15) is 4.80 Å². The second-order valence-corrected chi connectivity index (χ2v) is 8.36. The second-order valence-electron chi connectivity index (χ2n) is 8.36. The average molecular weight is 418 g/mol. The standard InChI is InChI=1S/C20H27FN6O3/c1-20(2,3)22-17(28)12-26(11-16-5-4-10-30-16)18(29)13-27-24-19(23-25-27)14-6-8-15(21)9-7-14/h6-9,16H,4-5,10-13H2,1-3H3,(H,22,28). The molecule has 162 valence electrons. The lowest BCUT2D eigenvalue weighted by Crippen LogP contribution is -2.49. The molecule has 0 spiro atoms. The van der Waals surface area contributed by atoms with Gasteiger partial charge in [0.2, 0.25) is 17.6 Å². The number of aromatic nitrogens is 4. The molecule has 9 nitrogen and oxygen atoms in total.